The molecule has 0 aliphatic carbocycles. The number of benzene rings is 1. The van der Waals surface area contributed by atoms with Crippen molar-refractivity contribution < 1.29 is 14.3 Å². The Hall–Kier alpha value is -1.84. The van der Waals surface area contributed by atoms with Crippen LogP contribution < -0.4 is 5.32 Å². The summed E-state index contributed by atoms with van der Waals surface area (Å²) in [6, 6.07) is 5.08. The summed E-state index contributed by atoms with van der Waals surface area (Å²) in [5.41, 5.74) is 0.625. The number of carboxylic acid groups (broad SMARTS) is 1. The predicted octanol–water partition coefficient (Wildman–Crippen LogP) is 3.83. The summed E-state index contributed by atoms with van der Waals surface area (Å²) in [5, 5.41) is 12.0. The number of anilines is 1. The first-order valence-corrected chi connectivity index (χ1v) is 6.49. The van der Waals surface area contributed by atoms with Crippen molar-refractivity contribution in [2.24, 2.45) is 0 Å². The minimum Gasteiger partial charge on any atom is -0.480 e. The highest BCUT2D eigenvalue weighted by atomic mass is 19.1. The van der Waals surface area contributed by atoms with Gasteiger partial charge in [0.2, 0.25) is 0 Å². The summed E-state index contributed by atoms with van der Waals surface area (Å²) in [6.07, 6.45) is 6.25. The smallest absolute Gasteiger partial charge is 0.326 e. The monoisotopic (exact) mass is 265 g/mol. The van der Waals surface area contributed by atoms with Crippen molar-refractivity contribution in [2.75, 3.05) is 5.32 Å². The van der Waals surface area contributed by atoms with Crippen LogP contribution in [0, 0.1) is 5.82 Å². The normalized spacial score (nSPS) is 11.8. The zero-order valence-electron chi connectivity index (χ0n) is 10.9. The number of rotatable bonds is 9. The molecule has 1 rings (SSSR count). The first-order valence-electron chi connectivity index (χ1n) is 6.49. The number of aliphatic carboxylic acids is 1. The summed E-state index contributed by atoms with van der Waals surface area (Å²) in [5.74, 6) is -1.21. The third-order valence-electron chi connectivity index (χ3n) is 2.88. The van der Waals surface area contributed by atoms with Crippen LogP contribution in [0.25, 0.3) is 0 Å². The Kier molecular flexibility index (Phi) is 6.64. The van der Waals surface area contributed by atoms with Gasteiger partial charge in [-0.05, 0) is 43.5 Å². The molecule has 19 heavy (non-hydrogen) atoms. The fourth-order valence-electron chi connectivity index (χ4n) is 1.82. The topological polar surface area (TPSA) is 49.3 Å². The minimum atomic E-state index is -0.881. The Morgan fingerprint density at radius 1 is 1.32 bits per heavy atom. The number of nitrogens with one attached hydrogen (secondary N) is 1. The van der Waals surface area contributed by atoms with Crippen molar-refractivity contribution in [3.05, 3.63) is 42.7 Å². The van der Waals surface area contributed by atoms with Crippen LogP contribution in [0.5, 0.6) is 0 Å². The van der Waals surface area contributed by atoms with Crippen LogP contribution in [-0.2, 0) is 4.79 Å². The number of allylic oxidation sites excluding steroid dienone is 1. The molecule has 104 valence electrons. The summed E-state index contributed by atoms with van der Waals surface area (Å²) in [6.45, 7) is 3.65. The van der Waals surface area contributed by atoms with Crippen molar-refractivity contribution in [2.45, 2.75) is 38.1 Å². The highest BCUT2D eigenvalue weighted by molar-refractivity contribution is 5.77. The van der Waals surface area contributed by atoms with Crippen molar-refractivity contribution in [3.63, 3.8) is 0 Å². The zero-order valence-corrected chi connectivity index (χ0v) is 10.9. The van der Waals surface area contributed by atoms with Crippen LogP contribution in [-0.4, -0.2) is 17.1 Å². The number of unbranched alkanes of at least 4 members (excludes halogenated alkanes) is 3. The first kappa shape index (κ1) is 15.2. The van der Waals surface area contributed by atoms with Gasteiger partial charge in [0.05, 0.1) is 0 Å². The molecule has 1 unspecified atom stereocenters. The summed E-state index contributed by atoms with van der Waals surface area (Å²) < 4.78 is 12.8. The molecular formula is C15H20FNO2. The van der Waals surface area contributed by atoms with Gasteiger partial charge in [-0.2, -0.15) is 0 Å². The highest BCUT2D eigenvalue weighted by Crippen LogP contribution is 2.14. The number of hydrogen-bond acceptors (Lipinski definition) is 2. The van der Waals surface area contributed by atoms with E-state index in [-0.39, 0.29) is 5.82 Å². The van der Waals surface area contributed by atoms with Crippen molar-refractivity contribution in [3.8, 4) is 0 Å². The van der Waals surface area contributed by atoms with E-state index in [2.05, 4.69) is 11.9 Å². The summed E-state index contributed by atoms with van der Waals surface area (Å²) in [7, 11) is 0. The Morgan fingerprint density at radius 2 is 2.00 bits per heavy atom. The van der Waals surface area contributed by atoms with E-state index >= 15 is 0 Å². The van der Waals surface area contributed by atoms with E-state index in [1.165, 1.54) is 12.1 Å². The highest BCUT2D eigenvalue weighted by Gasteiger charge is 2.16. The Morgan fingerprint density at radius 3 is 2.58 bits per heavy atom. The van der Waals surface area contributed by atoms with Crippen LogP contribution in [0.2, 0.25) is 0 Å². The molecule has 4 heteroatoms. The van der Waals surface area contributed by atoms with Crippen LogP contribution in [0.15, 0.2) is 36.9 Å². The standard InChI is InChI=1S/C15H20FNO2/c1-2-3-4-5-6-7-14(15(18)19)17-13-10-8-12(16)9-11-13/h2,8-11,14,17H,1,3-7H2,(H,18,19). The number of carboxylic acids is 1. The largest absolute Gasteiger partial charge is 0.480 e. The molecule has 1 atom stereocenters. The molecular weight excluding hydrogens is 245 g/mol. The van der Waals surface area contributed by atoms with Gasteiger partial charge in [0.25, 0.3) is 0 Å². The van der Waals surface area contributed by atoms with Crippen molar-refractivity contribution >= 4 is 11.7 Å². The van der Waals surface area contributed by atoms with E-state index in [1.54, 1.807) is 12.1 Å². The van der Waals surface area contributed by atoms with E-state index in [4.69, 9.17) is 5.11 Å². The molecule has 2 N–H and O–H groups in total. The lowest BCUT2D eigenvalue weighted by Gasteiger charge is -2.15. The lowest BCUT2D eigenvalue weighted by atomic mass is 10.1. The molecule has 1 aromatic carbocycles. The van der Waals surface area contributed by atoms with Crippen LogP contribution >= 0.6 is 0 Å². The second kappa shape index (κ2) is 8.29. The molecule has 0 aromatic heterocycles. The fraction of sp³-hybridized carbons (Fsp3) is 0.400. The molecule has 0 saturated carbocycles. The average Bonchev–Trinajstić information content (AvgIpc) is 2.39. The molecule has 1 aromatic rings. The quantitative estimate of drug-likeness (QED) is 0.527. The molecule has 0 amide bonds. The van der Waals surface area contributed by atoms with Gasteiger partial charge >= 0.3 is 5.97 Å². The third-order valence-corrected chi connectivity index (χ3v) is 2.88. The van der Waals surface area contributed by atoms with E-state index in [0.717, 1.165) is 25.7 Å². The van der Waals surface area contributed by atoms with Gasteiger partial charge in [-0.1, -0.05) is 18.9 Å². The number of hydrogen-bond donors (Lipinski definition) is 2. The summed E-state index contributed by atoms with van der Waals surface area (Å²) in [4.78, 5) is 11.1. The van der Waals surface area contributed by atoms with E-state index in [1.807, 2.05) is 6.08 Å². The second-order valence-corrected chi connectivity index (χ2v) is 4.47. The van der Waals surface area contributed by atoms with E-state index in [9.17, 15) is 9.18 Å². The van der Waals surface area contributed by atoms with Crippen LogP contribution in [0.1, 0.15) is 32.1 Å². The SMILES string of the molecule is C=CCCCCCC(Nc1ccc(F)cc1)C(=O)O. The lowest BCUT2D eigenvalue weighted by Crippen LogP contribution is -2.29. The van der Waals surface area contributed by atoms with E-state index < -0.39 is 12.0 Å². The van der Waals surface area contributed by atoms with Crippen molar-refractivity contribution in [1.82, 2.24) is 0 Å². The van der Waals surface area contributed by atoms with Crippen LogP contribution in [0.4, 0.5) is 10.1 Å². The number of carbonyl (C=O) groups is 1. The van der Waals surface area contributed by atoms with Gasteiger partial charge in [0, 0.05) is 5.69 Å². The predicted molar refractivity (Wildman–Crippen MR) is 74.7 cm³/mol. The molecule has 0 fully saturated rings. The third kappa shape index (κ3) is 6.04. The maximum absolute atomic E-state index is 12.8. The Balaban J connectivity index is 2.42. The van der Waals surface area contributed by atoms with Gasteiger partial charge in [-0.15, -0.1) is 6.58 Å². The molecule has 3 nitrogen and oxygen atoms in total. The van der Waals surface area contributed by atoms with Gasteiger partial charge in [-0.3, -0.25) is 0 Å². The first-order chi connectivity index (χ1) is 9.13. The van der Waals surface area contributed by atoms with Gasteiger partial charge in [0.15, 0.2) is 0 Å². The average molecular weight is 265 g/mol. The van der Waals surface area contributed by atoms with Crippen LogP contribution in [0.3, 0.4) is 0 Å². The zero-order chi connectivity index (χ0) is 14.1. The minimum absolute atomic E-state index is 0.332. The molecule has 0 saturated heterocycles. The number of halogens is 1. The maximum Gasteiger partial charge on any atom is 0.326 e. The van der Waals surface area contributed by atoms with Gasteiger partial charge in [-0.25, -0.2) is 9.18 Å². The van der Waals surface area contributed by atoms with E-state index in [0.29, 0.717) is 12.1 Å². The second-order valence-electron chi connectivity index (χ2n) is 4.47. The molecule has 0 bridgehead atoms. The fourth-order valence-corrected chi connectivity index (χ4v) is 1.82. The molecule has 0 aliphatic rings. The maximum atomic E-state index is 12.8. The Bertz CT molecular complexity index is 403. The lowest BCUT2D eigenvalue weighted by molar-refractivity contribution is -0.138. The molecule has 0 radical (unpaired) electrons. The molecule has 0 heterocycles. The Labute approximate surface area is 113 Å². The van der Waals surface area contributed by atoms with Crippen molar-refractivity contribution in [1.29, 1.82) is 0 Å². The molecule has 0 spiro atoms. The van der Waals surface area contributed by atoms with Gasteiger partial charge < -0.3 is 10.4 Å². The van der Waals surface area contributed by atoms with Gasteiger partial charge in [0.1, 0.15) is 11.9 Å². The summed E-state index contributed by atoms with van der Waals surface area (Å²) >= 11 is 0. The molecule has 0 aliphatic heterocycles.